The Morgan fingerprint density at radius 2 is 2.42 bits per heavy atom. The molecule has 2 nitrogen and oxygen atoms in total. The van der Waals surface area contributed by atoms with Crippen molar-refractivity contribution in [3.05, 3.63) is 29.8 Å². The lowest BCUT2D eigenvalue weighted by atomic mass is 10.1. The molecular weight excluding hydrogens is 157 g/mol. The van der Waals surface area contributed by atoms with Crippen molar-refractivity contribution >= 4 is 0 Å². The molecule has 1 atom stereocenters. The molecule has 0 saturated carbocycles. The Labute approximate surface area is 70.4 Å². The standard InChI is InChI=1S/C9H10FNO/c10-9-4-3-7(6-11-9)8-2-1-5-12-8/h3-4,6,8H,1-2,5H2. The highest BCUT2D eigenvalue weighted by Crippen LogP contribution is 2.27. The summed E-state index contributed by atoms with van der Waals surface area (Å²) < 4.78 is 17.8. The highest BCUT2D eigenvalue weighted by molar-refractivity contribution is 5.13. The Bertz CT molecular complexity index is 254. The van der Waals surface area contributed by atoms with Crippen LogP contribution < -0.4 is 0 Å². The number of halogens is 1. The molecule has 0 bridgehead atoms. The quantitative estimate of drug-likeness (QED) is 0.597. The lowest BCUT2D eigenvalue weighted by molar-refractivity contribution is 0.111. The molecule has 0 amide bonds. The van der Waals surface area contributed by atoms with Gasteiger partial charge in [0.25, 0.3) is 0 Å². The molecule has 0 aliphatic carbocycles. The van der Waals surface area contributed by atoms with E-state index in [-0.39, 0.29) is 6.10 Å². The second-order valence-corrected chi connectivity index (χ2v) is 2.92. The van der Waals surface area contributed by atoms with E-state index in [1.54, 1.807) is 12.3 Å². The van der Waals surface area contributed by atoms with Crippen LogP contribution in [0.15, 0.2) is 18.3 Å². The van der Waals surface area contributed by atoms with Crippen LogP contribution in [0.25, 0.3) is 0 Å². The minimum atomic E-state index is -0.434. The van der Waals surface area contributed by atoms with Crippen LogP contribution in [0, 0.1) is 5.95 Å². The van der Waals surface area contributed by atoms with Crippen LogP contribution >= 0.6 is 0 Å². The fraction of sp³-hybridized carbons (Fsp3) is 0.444. The molecule has 2 heterocycles. The number of hydrogen-bond acceptors (Lipinski definition) is 2. The third-order valence-corrected chi connectivity index (χ3v) is 2.05. The molecule has 2 rings (SSSR count). The lowest BCUT2D eigenvalue weighted by Crippen LogP contribution is -1.96. The molecule has 0 aromatic carbocycles. The van der Waals surface area contributed by atoms with Gasteiger partial charge in [0.05, 0.1) is 6.10 Å². The van der Waals surface area contributed by atoms with Gasteiger partial charge < -0.3 is 4.74 Å². The van der Waals surface area contributed by atoms with Crippen molar-refractivity contribution < 1.29 is 9.13 Å². The topological polar surface area (TPSA) is 22.1 Å². The van der Waals surface area contributed by atoms with E-state index in [1.807, 2.05) is 0 Å². The zero-order valence-corrected chi connectivity index (χ0v) is 6.66. The van der Waals surface area contributed by atoms with Gasteiger partial charge in [0.1, 0.15) is 0 Å². The highest BCUT2D eigenvalue weighted by Gasteiger charge is 2.17. The van der Waals surface area contributed by atoms with Crippen LogP contribution in [0.3, 0.4) is 0 Å². The molecule has 64 valence electrons. The summed E-state index contributed by atoms with van der Waals surface area (Å²) in [7, 11) is 0. The maximum absolute atomic E-state index is 12.4. The predicted molar refractivity (Wildman–Crippen MR) is 42.1 cm³/mol. The summed E-state index contributed by atoms with van der Waals surface area (Å²) in [6.07, 6.45) is 3.79. The number of rotatable bonds is 1. The van der Waals surface area contributed by atoms with Crippen LogP contribution in [-0.2, 0) is 4.74 Å². The lowest BCUT2D eigenvalue weighted by Gasteiger charge is -2.07. The summed E-state index contributed by atoms with van der Waals surface area (Å²) in [5.74, 6) is -0.434. The SMILES string of the molecule is Fc1ccc(C2CCCO2)cn1. The minimum absolute atomic E-state index is 0.137. The zero-order valence-electron chi connectivity index (χ0n) is 6.66. The Hall–Kier alpha value is -0.960. The maximum atomic E-state index is 12.4. The summed E-state index contributed by atoms with van der Waals surface area (Å²) in [6, 6.07) is 3.11. The summed E-state index contributed by atoms with van der Waals surface area (Å²) >= 11 is 0. The van der Waals surface area contributed by atoms with E-state index in [1.165, 1.54) is 6.07 Å². The number of ether oxygens (including phenoxy) is 1. The molecule has 12 heavy (non-hydrogen) atoms. The maximum Gasteiger partial charge on any atom is 0.212 e. The minimum Gasteiger partial charge on any atom is -0.373 e. The molecule has 0 spiro atoms. The molecule has 3 heteroatoms. The predicted octanol–water partition coefficient (Wildman–Crippen LogP) is 2.07. The van der Waals surface area contributed by atoms with E-state index < -0.39 is 5.95 Å². The monoisotopic (exact) mass is 167 g/mol. The van der Waals surface area contributed by atoms with Gasteiger partial charge in [0.2, 0.25) is 5.95 Å². The first-order valence-electron chi connectivity index (χ1n) is 4.09. The van der Waals surface area contributed by atoms with Gasteiger partial charge in [-0.3, -0.25) is 0 Å². The van der Waals surface area contributed by atoms with E-state index in [0.29, 0.717) is 0 Å². The Balaban J connectivity index is 2.17. The third kappa shape index (κ3) is 1.46. The molecular formula is C9H10FNO. The Morgan fingerprint density at radius 3 is 3.00 bits per heavy atom. The first-order chi connectivity index (χ1) is 5.86. The first-order valence-corrected chi connectivity index (χ1v) is 4.09. The van der Waals surface area contributed by atoms with Crippen LogP contribution in [-0.4, -0.2) is 11.6 Å². The van der Waals surface area contributed by atoms with Crippen molar-refractivity contribution in [2.24, 2.45) is 0 Å². The van der Waals surface area contributed by atoms with E-state index in [4.69, 9.17) is 4.74 Å². The Kier molecular flexibility index (Phi) is 2.04. The van der Waals surface area contributed by atoms with Gasteiger partial charge >= 0.3 is 0 Å². The van der Waals surface area contributed by atoms with Crippen LogP contribution in [0.5, 0.6) is 0 Å². The normalized spacial score (nSPS) is 22.9. The van der Waals surface area contributed by atoms with E-state index in [9.17, 15) is 4.39 Å². The first kappa shape index (κ1) is 7.68. The average Bonchev–Trinajstić information content (AvgIpc) is 2.58. The Morgan fingerprint density at radius 1 is 1.50 bits per heavy atom. The van der Waals surface area contributed by atoms with Crippen molar-refractivity contribution in [3.63, 3.8) is 0 Å². The van der Waals surface area contributed by atoms with Crippen LogP contribution in [0.4, 0.5) is 4.39 Å². The van der Waals surface area contributed by atoms with Gasteiger partial charge in [0.15, 0.2) is 0 Å². The fourth-order valence-corrected chi connectivity index (χ4v) is 1.42. The zero-order chi connectivity index (χ0) is 8.39. The largest absolute Gasteiger partial charge is 0.373 e. The smallest absolute Gasteiger partial charge is 0.212 e. The van der Waals surface area contributed by atoms with Gasteiger partial charge in [-0.15, -0.1) is 0 Å². The van der Waals surface area contributed by atoms with Gasteiger partial charge in [-0.25, -0.2) is 4.98 Å². The van der Waals surface area contributed by atoms with E-state index in [2.05, 4.69) is 4.98 Å². The number of nitrogens with zero attached hydrogens (tertiary/aromatic N) is 1. The van der Waals surface area contributed by atoms with Gasteiger partial charge in [0, 0.05) is 12.8 Å². The number of hydrogen-bond donors (Lipinski definition) is 0. The molecule has 0 radical (unpaired) electrons. The van der Waals surface area contributed by atoms with Crippen molar-refractivity contribution in [1.29, 1.82) is 0 Å². The molecule has 0 N–H and O–H groups in total. The molecule has 1 aromatic rings. The van der Waals surface area contributed by atoms with Crippen molar-refractivity contribution in [2.45, 2.75) is 18.9 Å². The molecule has 1 saturated heterocycles. The molecule has 1 aliphatic rings. The fourth-order valence-electron chi connectivity index (χ4n) is 1.42. The van der Waals surface area contributed by atoms with Crippen LogP contribution in [0.2, 0.25) is 0 Å². The van der Waals surface area contributed by atoms with Crippen molar-refractivity contribution in [1.82, 2.24) is 4.98 Å². The van der Waals surface area contributed by atoms with E-state index in [0.717, 1.165) is 25.0 Å². The van der Waals surface area contributed by atoms with Crippen molar-refractivity contribution in [2.75, 3.05) is 6.61 Å². The van der Waals surface area contributed by atoms with Gasteiger partial charge in [-0.1, -0.05) is 6.07 Å². The van der Waals surface area contributed by atoms with Crippen LogP contribution in [0.1, 0.15) is 24.5 Å². The van der Waals surface area contributed by atoms with E-state index >= 15 is 0 Å². The van der Waals surface area contributed by atoms with Gasteiger partial charge in [-0.05, 0) is 24.5 Å². The highest BCUT2D eigenvalue weighted by atomic mass is 19.1. The van der Waals surface area contributed by atoms with Gasteiger partial charge in [-0.2, -0.15) is 4.39 Å². The molecule has 1 unspecified atom stereocenters. The molecule has 1 aliphatic heterocycles. The summed E-state index contributed by atoms with van der Waals surface area (Å²) in [4.78, 5) is 3.58. The molecule has 1 fully saturated rings. The third-order valence-electron chi connectivity index (χ3n) is 2.05. The summed E-state index contributed by atoms with van der Waals surface area (Å²) in [5, 5.41) is 0. The number of pyridine rings is 1. The second kappa shape index (κ2) is 3.19. The van der Waals surface area contributed by atoms with Crippen molar-refractivity contribution in [3.8, 4) is 0 Å². The second-order valence-electron chi connectivity index (χ2n) is 2.92. The molecule has 1 aromatic heterocycles. The average molecular weight is 167 g/mol. The summed E-state index contributed by atoms with van der Waals surface area (Å²) in [6.45, 7) is 0.808. The summed E-state index contributed by atoms with van der Waals surface area (Å²) in [5.41, 5.74) is 0.980. The number of aromatic nitrogens is 1.